The highest BCUT2D eigenvalue weighted by Gasteiger charge is 2.32. The van der Waals surface area contributed by atoms with Gasteiger partial charge in [-0.3, -0.25) is 9.59 Å². The highest BCUT2D eigenvalue weighted by atomic mass is 16.5. The Morgan fingerprint density at radius 2 is 1.60 bits per heavy atom. The van der Waals surface area contributed by atoms with E-state index in [1.807, 2.05) is 24.3 Å². The Hall–Kier alpha value is -2.94. The minimum atomic E-state index is -0.881. The molecule has 8 nitrogen and oxygen atoms in total. The predicted molar refractivity (Wildman–Crippen MR) is 111 cm³/mol. The molecule has 1 fully saturated rings. The first-order valence-electron chi connectivity index (χ1n) is 9.89. The number of carbonyl (C=O) groups excluding carboxylic acids is 2. The third kappa shape index (κ3) is 5.79. The van der Waals surface area contributed by atoms with E-state index >= 15 is 0 Å². The highest BCUT2D eigenvalue weighted by Crippen LogP contribution is 2.14. The second-order valence-electron chi connectivity index (χ2n) is 7.26. The quantitative estimate of drug-likeness (QED) is 0.497. The lowest BCUT2D eigenvalue weighted by Gasteiger charge is -2.15. The van der Waals surface area contributed by atoms with Gasteiger partial charge < -0.3 is 30.9 Å². The molecule has 0 bridgehead atoms. The van der Waals surface area contributed by atoms with Crippen molar-refractivity contribution in [2.24, 2.45) is 5.73 Å². The van der Waals surface area contributed by atoms with Crippen LogP contribution in [0.3, 0.4) is 0 Å². The van der Waals surface area contributed by atoms with Crippen LogP contribution in [0.15, 0.2) is 48.5 Å². The zero-order chi connectivity index (χ0) is 21.5. The van der Waals surface area contributed by atoms with Crippen molar-refractivity contribution in [1.29, 1.82) is 0 Å². The summed E-state index contributed by atoms with van der Waals surface area (Å²) in [6, 6.07) is 14.4. The lowest BCUT2D eigenvalue weighted by atomic mass is 10.1. The molecule has 8 heteroatoms. The van der Waals surface area contributed by atoms with Gasteiger partial charge in [0.05, 0.1) is 25.2 Å². The third-order valence-electron chi connectivity index (χ3n) is 5.02. The zero-order valence-electron chi connectivity index (χ0n) is 16.7. The van der Waals surface area contributed by atoms with Gasteiger partial charge in [0.1, 0.15) is 5.75 Å². The number of nitrogens with two attached hydrogens (primary N) is 1. The molecule has 2 aromatic carbocycles. The molecular formula is C22H27N3O5. The van der Waals surface area contributed by atoms with Crippen molar-refractivity contribution in [2.75, 3.05) is 19.7 Å². The first kappa shape index (κ1) is 21.8. The van der Waals surface area contributed by atoms with Crippen LogP contribution in [0, 0.1) is 0 Å². The van der Waals surface area contributed by atoms with Gasteiger partial charge in [-0.05, 0) is 35.4 Å². The Morgan fingerprint density at radius 3 is 2.20 bits per heavy atom. The van der Waals surface area contributed by atoms with E-state index in [0.29, 0.717) is 24.4 Å². The summed E-state index contributed by atoms with van der Waals surface area (Å²) in [7, 11) is 0. The van der Waals surface area contributed by atoms with Crippen molar-refractivity contribution in [3.8, 4) is 5.75 Å². The molecule has 160 valence electrons. The van der Waals surface area contributed by atoms with Gasteiger partial charge in [-0.25, -0.2) is 0 Å². The van der Waals surface area contributed by atoms with E-state index < -0.39 is 12.2 Å². The molecule has 2 atom stereocenters. The van der Waals surface area contributed by atoms with E-state index in [1.165, 1.54) is 4.90 Å². The van der Waals surface area contributed by atoms with Crippen molar-refractivity contribution in [3.63, 3.8) is 0 Å². The van der Waals surface area contributed by atoms with Crippen molar-refractivity contribution >= 4 is 11.8 Å². The summed E-state index contributed by atoms with van der Waals surface area (Å²) in [5, 5.41) is 21.9. The van der Waals surface area contributed by atoms with Crippen LogP contribution >= 0.6 is 0 Å². The topological polar surface area (TPSA) is 125 Å². The monoisotopic (exact) mass is 413 g/mol. The first-order valence-corrected chi connectivity index (χ1v) is 9.89. The number of nitrogens with one attached hydrogen (secondary N) is 1. The smallest absolute Gasteiger partial charge is 0.251 e. The molecule has 1 aliphatic rings. The summed E-state index contributed by atoms with van der Waals surface area (Å²) < 4.78 is 5.59. The van der Waals surface area contributed by atoms with Crippen molar-refractivity contribution in [3.05, 3.63) is 65.2 Å². The number of aliphatic hydroxyl groups excluding tert-OH is 2. The van der Waals surface area contributed by atoms with E-state index in [0.717, 1.165) is 11.1 Å². The minimum absolute atomic E-state index is 0.150. The summed E-state index contributed by atoms with van der Waals surface area (Å²) in [5.41, 5.74) is 8.03. The Kier molecular flexibility index (Phi) is 7.40. The van der Waals surface area contributed by atoms with Gasteiger partial charge in [-0.15, -0.1) is 0 Å². The zero-order valence-corrected chi connectivity index (χ0v) is 16.7. The normalized spacial score (nSPS) is 18.3. The highest BCUT2D eigenvalue weighted by molar-refractivity contribution is 5.94. The first-order chi connectivity index (χ1) is 14.5. The number of nitrogens with zero attached hydrogens (tertiary/aromatic N) is 1. The van der Waals surface area contributed by atoms with Gasteiger partial charge in [0, 0.05) is 31.7 Å². The molecule has 0 radical (unpaired) electrons. The predicted octanol–water partition coefficient (Wildman–Crippen LogP) is 0.408. The number of benzene rings is 2. The fraction of sp³-hybridized carbons (Fsp3) is 0.364. The van der Waals surface area contributed by atoms with E-state index in [-0.39, 0.29) is 37.9 Å². The lowest BCUT2D eigenvalue weighted by Crippen LogP contribution is -2.30. The second-order valence-corrected chi connectivity index (χ2v) is 7.26. The largest absolute Gasteiger partial charge is 0.493 e. The molecule has 1 heterocycles. The van der Waals surface area contributed by atoms with E-state index in [9.17, 15) is 19.8 Å². The minimum Gasteiger partial charge on any atom is -0.493 e. The molecule has 0 unspecified atom stereocenters. The Morgan fingerprint density at radius 1 is 1.00 bits per heavy atom. The van der Waals surface area contributed by atoms with Gasteiger partial charge >= 0.3 is 0 Å². The average molecular weight is 413 g/mol. The summed E-state index contributed by atoms with van der Waals surface area (Å²) >= 11 is 0. The molecular weight excluding hydrogens is 386 g/mol. The number of ether oxygens (including phenoxy) is 1. The Balaban J connectivity index is 1.40. The van der Waals surface area contributed by atoms with Gasteiger partial charge in [0.2, 0.25) is 5.91 Å². The molecule has 2 amide bonds. The van der Waals surface area contributed by atoms with Crippen LogP contribution in [0.5, 0.6) is 5.75 Å². The molecule has 0 spiro atoms. The maximum Gasteiger partial charge on any atom is 0.251 e. The average Bonchev–Trinajstić information content (AvgIpc) is 3.11. The Labute approximate surface area is 175 Å². The second kappa shape index (κ2) is 10.2. The summed E-state index contributed by atoms with van der Waals surface area (Å²) in [4.78, 5) is 25.7. The SMILES string of the molecule is NCc1ccc(C(=O)NCc2ccc(OCCC(=O)N3C[C@@H](O)[C@H](O)C3)cc2)cc1. The molecule has 2 aromatic rings. The van der Waals surface area contributed by atoms with Crippen molar-refractivity contribution < 1.29 is 24.5 Å². The van der Waals surface area contributed by atoms with E-state index in [1.54, 1.807) is 24.3 Å². The van der Waals surface area contributed by atoms with Crippen LogP contribution < -0.4 is 15.8 Å². The number of carbonyl (C=O) groups is 2. The van der Waals surface area contributed by atoms with E-state index in [2.05, 4.69) is 5.32 Å². The van der Waals surface area contributed by atoms with Gasteiger partial charge in [-0.2, -0.15) is 0 Å². The van der Waals surface area contributed by atoms with Crippen LogP contribution in [0.4, 0.5) is 0 Å². The lowest BCUT2D eigenvalue weighted by molar-refractivity contribution is -0.131. The maximum absolute atomic E-state index is 12.2. The van der Waals surface area contributed by atoms with Crippen molar-refractivity contribution in [2.45, 2.75) is 31.7 Å². The molecule has 1 saturated heterocycles. The van der Waals surface area contributed by atoms with Gasteiger partial charge in [-0.1, -0.05) is 24.3 Å². The van der Waals surface area contributed by atoms with Crippen molar-refractivity contribution in [1.82, 2.24) is 10.2 Å². The summed E-state index contributed by atoms with van der Waals surface area (Å²) in [6.45, 7) is 1.33. The number of β-amino-alcohol motifs (C(OH)–C–C–N with tert-alkyl or cyclic N) is 2. The number of hydrogen-bond acceptors (Lipinski definition) is 6. The number of hydrogen-bond donors (Lipinski definition) is 4. The molecule has 0 saturated carbocycles. The maximum atomic E-state index is 12.2. The van der Waals surface area contributed by atoms with Gasteiger partial charge in [0.15, 0.2) is 0 Å². The molecule has 3 rings (SSSR count). The third-order valence-corrected chi connectivity index (χ3v) is 5.02. The molecule has 1 aliphatic heterocycles. The number of amides is 2. The molecule has 0 aliphatic carbocycles. The number of likely N-dealkylation sites (tertiary alicyclic amines) is 1. The van der Waals surface area contributed by atoms with Crippen LogP contribution in [0.1, 0.15) is 27.9 Å². The van der Waals surface area contributed by atoms with Crippen LogP contribution in [-0.2, 0) is 17.9 Å². The van der Waals surface area contributed by atoms with Gasteiger partial charge in [0.25, 0.3) is 5.91 Å². The Bertz CT molecular complexity index is 844. The molecule has 0 aromatic heterocycles. The van der Waals surface area contributed by atoms with Crippen LogP contribution in [-0.4, -0.2) is 58.8 Å². The van der Waals surface area contributed by atoms with Crippen LogP contribution in [0.25, 0.3) is 0 Å². The fourth-order valence-electron chi connectivity index (χ4n) is 3.17. The van der Waals surface area contributed by atoms with E-state index in [4.69, 9.17) is 10.5 Å². The standard InChI is InChI=1S/C22H27N3O5/c23-11-15-1-5-17(6-2-15)22(29)24-12-16-3-7-18(8-4-16)30-10-9-21(28)25-13-19(26)20(27)14-25/h1-8,19-20,26-27H,9-14,23H2,(H,24,29)/t19-,20-/m1/s1. The molecule has 30 heavy (non-hydrogen) atoms. The van der Waals surface area contributed by atoms with Crippen LogP contribution in [0.2, 0.25) is 0 Å². The fourth-order valence-corrected chi connectivity index (χ4v) is 3.17. The summed E-state index contributed by atoms with van der Waals surface area (Å²) in [6.07, 6.45) is -1.60. The number of rotatable bonds is 8. The summed E-state index contributed by atoms with van der Waals surface area (Å²) in [5.74, 6) is 0.302. The number of aliphatic hydroxyl groups is 2. The molecule has 5 N–H and O–H groups in total.